The van der Waals surface area contributed by atoms with E-state index in [0.29, 0.717) is 13.1 Å². The second-order valence-corrected chi connectivity index (χ2v) is 5.36. The smallest absolute Gasteiger partial charge is 0.227 e. The standard InChI is InChI=1S/C11H24N2O/c1-6-11(5,7-12)9(14)13-8-10(2,3)4/h6-8,12H2,1-5H3,(H,13,14). The molecule has 0 aromatic carbocycles. The molecule has 1 atom stereocenters. The van der Waals surface area contributed by atoms with E-state index in [-0.39, 0.29) is 11.3 Å². The van der Waals surface area contributed by atoms with Crippen LogP contribution in [0.2, 0.25) is 0 Å². The van der Waals surface area contributed by atoms with E-state index < -0.39 is 5.41 Å². The van der Waals surface area contributed by atoms with Crippen molar-refractivity contribution in [2.24, 2.45) is 16.6 Å². The quantitative estimate of drug-likeness (QED) is 0.723. The summed E-state index contributed by atoms with van der Waals surface area (Å²) >= 11 is 0. The van der Waals surface area contributed by atoms with E-state index >= 15 is 0 Å². The maximum absolute atomic E-state index is 11.8. The Kier molecular flexibility index (Phi) is 4.59. The largest absolute Gasteiger partial charge is 0.355 e. The third-order valence-electron chi connectivity index (χ3n) is 2.56. The molecular weight excluding hydrogens is 176 g/mol. The zero-order chi connectivity index (χ0) is 11.4. The Bertz CT molecular complexity index is 190. The zero-order valence-electron chi connectivity index (χ0n) is 10.1. The molecule has 1 amide bonds. The highest BCUT2D eigenvalue weighted by Crippen LogP contribution is 2.20. The monoisotopic (exact) mass is 200 g/mol. The molecule has 0 saturated heterocycles. The summed E-state index contributed by atoms with van der Waals surface area (Å²) in [4.78, 5) is 11.8. The van der Waals surface area contributed by atoms with Crippen LogP contribution in [0.3, 0.4) is 0 Å². The first-order valence-electron chi connectivity index (χ1n) is 5.23. The number of amides is 1. The molecule has 3 nitrogen and oxygen atoms in total. The summed E-state index contributed by atoms with van der Waals surface area (Å²) in [6, 6.07) is 0. The van der Waals surface area contributed by atoms with Crippen LogP contribution >= 0.6 is 0 Å². The molecule has 0 radical (unpaired) electrons. The van der Waals surface area contributed by atoms with E-state index in [4.69, 9.17) is 5.73 Å². The van der Waals surface area contributed by atoms with Crippen molar-refractivity contribution in [3.05, 3.63) is 0 Å². The van der Waals surface area contributed by atoms with E-state index in [1.54, 1.807) is 0 Å². The van der Waals surface area contributed by atoms with Crippen LogP contribution in [-0.2, 0) is 4.79 Å². The molecule has 0 saturated carbocycles. The van der Waals surface area contributed by atoms with Gasteiger partial charge in [-0.05, 0) is 18.8 Å². The van der Waals surface area contributed by atoms with E-state index in [2.05, 4.69) is 26.1 Å². The molecule has 0 aliphatic rings. The number of carbonyl (C=O) groups is 1. The molecule has 3 N–H and O–H groups in total. The van der Waals surface area contributed by atoms with Crippen LogP contribution in [0.1, 0.15) is 41.0 Å². The van der Waals surface area contributed by atoms with Crippen LogP contribution in [0.5, 0.6) is 0 Å². The lowest BCUT2D eigenvalue weighted by Gasteiger charge is -2.27. The lowest BCUT2D eigenvalue weighted by molar-refractivity contribution is -0.130. The van der Waals surface area contributed by atoms with Gasteiger partial charge in [-0.1, -0.05) is 27.7 Å². The topological polar surface area (TPSA) is 55.1 Å². The second kappa shape index (κ2) is 4.78. The first-order chi connectivity index (χ1) is 6.25. The minimum atomic E-state index is -0.411. The lowest BCUT2D eigenvalue weighted by atomic mass is 9.86. The fourth-order valence-corrected chi connectivity index (χ4v) is 0.956. The van der Waals surface area contributed by atoms with Gasteiger partial charge in [0.15, 0.2) is 0 Å². The average molecular weight is 200 g/mol. The minimum Gasteiger partial charge on any atom is -0.355 e. The Balaban J connectivity index is 4.20. The van der Waals surface area contributed by atoms with Gasteiger partial charge in [0.2, 0.25) is 5.91 Å². The third-order valence-corrected chi connectivity index (χ3v) is 2.56. The van der Waals surface area contributed by atoms with Gasteiger partial charge in [0.05, 0.1) is 5.41 Å². The summed E-state index contributed by atoms with van der Waals surface area (Å²) in [6.07, 6.45) is 0.777. The molecular formula is C11H24N2O. The molecule has 14 heavy (non-hydrogen) atoms. The summed E-state index contributed by atoms with van der Waals surface area (Å²) in [7, 11) is 0. The number of hydrogen-bond acceptors (Lipinski definition) is 2. The first-order valence-corrected chi connectivity index (χ1v) is 5.23. The van der Waals surface area contributed by atoms with Crippen molar-refractivity contribution < 1.29 is 4.79 Å². The van der Waals surface area contributed by atoms with Gasteiger partial charge in [-0.2, -0.15) is 0 Å². The van der Waals surface area contributed by atoms with Crippen molar-refractivity contribution >= 4 is 5.91 Å². The maximum Gasteiger partial charge on any atom is 0.227 e. The van der Waals surface area contributed by atoms with Crippen molar-refractivity contribution in [2.45, 2.75) is 41.0 Å². The van der Waals surface area contributed by atoms with E-state index in [1.165, 1.54) is 0 Å². The molecule has 0 bridgehead atoms. The van der Waals surface area contributed by atoms with Gasteiger partial charge in [-0.25, -0.2) is 0 Å². The Morgan fingerprint density at radius 1 is 1.29 bits per heavy atom. The molecule has 0 rings (SSSR count). The van der Waals surface area contributed by atoms with Crippen LogP contribution in [-0.4, -0.2) is 19.0 Å². The van der Waals surface area contributed by atoms with Crippen LogP contribution in [0, 0.1) is 10.8 Å². The molecule has 84 valence electrons. The van der Waals surface area contributed by atoms with Gasteiger partial charge < -0.3 is 11.1 Å². The van der Waals surface area contributed by atoms with Gasteiger partial charge >= 0.3 is 0 Å². The van der Waals surface area contributed by atoms with Gasteiger partial charge in [-0.15, -0.1) is 0 Å². The summed E-state index contributed by atoms with van der Waals surface area (Å²) in [5.74, 6) is 0.0671. The average Bonchev–Trinajstić information content (AvgIpc) is 2.11. The van der Waals surface area contributed by atoms with E-state index in [0.717, 1.165) is 6.42 Å². The number of nitrogens with one attached hydrogen (secondary N) is 1. The van der Waals surface area contributed by atoms with Crippen molar-refractivity contribution in [2.75, 3.05) is 13.1 Å². The Hall–Kier alpha value is -0.570. The number of hydrogen-bond donors (Lipinski definition) is 2. The number of nitrogens with two attached hydrogens (primary N) is 1. The number of rotatable bonds is 4. The fraction of sp³-hybridized carbons (Fsp3) is 0.909. The van der Waals surface area contributed by atoms with Gasteiger partial charge in [0.25, 0.3) is 0 Å². The predicted octanol–water partition coefficient (Wildman–Crippen LogP) is 1.52. The van der Waals surface area contributed by atoms with Gasteiger partial charge in [0.1, 0.15) is 0 Å². The van der Waals surface area contributed by atoms with Gasteiger partial charge in [0, 0.05) is 13.1 Å². The van der Waals surface area contributed by atoms with Crippen LogP contribution in [0.25, 0.3) is 0 Å². The number of carbonyl (C=O) groups excluding carboxylic acids is 1. The minimum absolute atomic E-state index is 0.0671. The third kappa shape index (κ3) is 4.09. The second-order valence-electron chi connectivity index (χ2n) is 5.36. The van der Waals surface area contributed by atoms with Crippen molar-refractivity contribution in [1.82, 2.24) is 5.32 Å². The molecule has 0 aromatic rings. The summed E-state index contributed by atoms with van der Waals surface area (Å²) < 4.78 is 0. The first kappa shape index (κ1) is 13.4. The lowest BCUT2D eigenvalue weighted by Crippen LogP contribution is -2.45. The summed E-state index contributed by atoms with van der Waals surface area (Å²) in [5.41, 5.74) is 5.31. The normalized spacial score (nSPS) is 16.1. The molecule has 0 spiro atoms. The molecule has 0 heterocycles. The molecule has 0 aliphatic heterocycles. The highest BCUT2D eigenvalue weighted by atomic mass is 16.2. The van der Waals surface area contributed by atoms with Crippen LogP contribution < -0.4 is 11.1 Å². The SMILES string of the molecule is CCC(C)(CN)C(=O)NCC(C)(C)C. The Morgan fingerprint density at radius 2 is 1.79 bits per heavy atom. The van der Waals surface area contributed by atoms with Crippen molar-refractivity contribution in [1.29, 1.82) is 0 Å². The van der Waals surface area contributed by atoms with Crippen molar-refractivity contribution in [3.8, 4) is 0 Å². The molecule has 0 aromatic heterocycles. The summed E-state index contributed by atoms with van der Waals surface area (Å²) in [6.45, 7) is 11.3. The van der Waals surface area contributed by atoms with E-state index in [9.17, 15) is 4.79 Å². The molecule has 0 aliphatic carbocycles. The maximum atomic E-state index is 11.8. The van der Waals surface area contributed by atoms with Gasteiger partial charge in [-0.3, -0.25) is 4.79 Å². The van der Waals surface area contributed by atoms with Crippen LogP contribution in [0.4, 0.5) is 0 Å². The predicted molar refractivity (Wildman–Crippen MR) is 59.9 cm³/mol. The highest BCUT2D eigenvalue weighted by molar-refractivity contribution is 5.82. The Morgan fingerprint density at radius 3 is 2.07 bits per heavy atom. The summed E-state index contributed by atoms with van der Waals surface area (Å²) in [5, 5.41) is 2.95. The molecule has 3 heteroatoms. The highest BCUT2D eigenvalue weighted by Gasteiger charge is 2.29. The fourth-order valence-electron chi connectivity index (χ4n) is 0.956. The molecule has 1 unspecified atom stereocenters. The van der Waals surface area contributed by atoms with Crippen LogP contribution in [0.15, 0.2) is 0 Å². The zero-order valence-corrected chi connectivity index (χ0v) is 10.1. The molecule has 0 fully saturated rings. The Labute approximate surface area is 87.4 Å². The van der Waals surface area contributed by atoms with E-state index in [1.807, 2.05) is 13.8 Å². The van der Waals surface area contributed by atoms with Crippen molar-refractivity contribution in [3.63, 3.8) is 0 Å².